The number of aromatic nitrogens is 4. The van der Waals surface area contributed by atoms with Gasteiger partial charge in [-0.2, -0.15) is 5.21 Å². The van der Waals surface area contributed by atoms with Crippen LogP contribution >= 0.6 is 0 Å². The lowest BCUT2D eigenvalue weighted by Crippen LogP contribution is -2.30. The summed E-state index contributed by atoms with van der Waals surface area (Å²) in [7, 11) is 0. The van der Waals surface area contributed by atoms with Gasteiger partial charge in [-0.05, 0) is 36.1 Å². The number of carbonyl (C=O) groups is 1. The predicted molar refractivity (Wildman–Crippen MR) is 77.9 cm³/mol. The molecule has 0 saturated heterocycles. The van der Waals surface area contributed by atoms with Crippen molar-refractivity contribution in [3.63, 3.8) is 0 Å². The number of H-pyrrole nitrogens is 1. The molecular formula is C15H17N5O. The van der Waals surface area contributed by atoms with Crippen molar-refractivity contribution in [2.24, 2.45) is 5.92 Å². The number of nitrogens with one attached hydrogen (secondary N) is 2. The second-order valence-electron chi connectivity index (χ2n) is 5.13. The number of nitrogens with zero attached hydrogens (tertiary/aromatic N) is 3. The molecule has 108 valence electrons. The van der Waals surface area contributed by atoms with Crippen molar-refractivity contribution in [2.45, 2.75) is 25.8 Å². The molecule has 1 aliphatic rings. The normalized spacial score (nSPS) is 17.6. The summed E-state index contributed by atoms with van der Waals surface area (Å²) in [5.74, 6) is 0.792. The predicted octanol–water partition coefficient (Wildman–Crippen LogP) is 1.84. The number of allylic oxidation sites excluding steroid dienone is 2. The van der Waals surface area contributed by atoms with Gasteiger partial charge >= 0.3 is 0 Å². The van der Waals surface area contributed by atoms with Gasteiger partial charge in [-0.3, -0.25) is 4.79 Å². The molecule has 0 saturated carbocycles. The van der Waals surface area contributed by atoms with Crippen LogP contribution in [0, 0.1) is 5.92 Å². The van der Waals surface area contributed by atoms with Gasteiger partial charge in [-0.1, -0.05) is 30.4 Å². The van der Waals surface area contributed by atoms with Crippen LogP contribution in [0.4, 0.5) is 0 Å². The average molecular weight is 283 g/mol. The lowest BCUT2D eigenvalue weighted by atomic mass is 9.93. The largest absolute Gasteiger partial charge is 0.352 e. The second-order valence-corrected chi connectivity index (χ2v) is 5.13. The molecule has 2 aromatic rings. The van der Waals surface area contributed by atoms with Crippen molar-refractivity contribution in [2.75, 3.05) is 0 Å². The Morgan fingerprint density at radius 1 is 1.38 bits per heavy atom. The minimum absolute atomic E-state index is 0.107. The Hall–Kier alpha value is -2.50. The molecule has 1 aromatic carbocycles. The Kier molecular flexibility index (Phi) is 4.04. The molecule has 0 radical (unpaired) electrons. The Morgan fingerprint density at radius 2 is 2.33 bits per heavy atom. The first-order chi connectivity index (χ1) is 10.3. The van der Waals surface area contributed by atoms with E-state index in [1.54, 1.807) is 0 Å². The molecule has 6 heteroatoms. The monoisotopic (exact) mass is 283 g/mol. The summed E-state index contributed by atoms with van der Waals surface area (Å²) in [5.41, 5.74) is 1.91. The van der Waals surface area contributed by atoms with Crippen molar-refractivity contribution in [3.8, 4) is 11.4 Å². The van der Waals surface area contributed by atoms with Crippen molar-refractivity contribution in [1.82, 2.24) is 25.9 Å². The standard InChI is InChI=1S/C15H17N5O/c21-15(12-6-2-1-3-7-12)16-10-11-5-4-8-13(9-11)14-17-19-20-18-14/h1-2,4-5,8-9,12H,3,6-7,10H2,(H,16,21)(H,17,18,19,20)/t12-/m0/s1. The Labute approximate surface area is 122 Å². The summed E-state index contributed by atoms with van der Waals surface area (Å²) in [6.45, 7) is 0.519. The Morgan fingerprint density at radius 3 is 3.10 bits per heavy atom. The number of hydrogen-bond donors (Lipinski definition) is 2. The van der Waals surface area contributed by atoms with E-state index >= 15 is 0 Å². The third-order valence-corrected chi connectivity index (χ3v) is 3.64. The zero-order valence-corrected chi connectivity index (χ0v) is 11.6. The highest BCUT2D eigenvalue weighted by atomic mass is 16.1. The molecule has 0 unspecified atom stereocenters. The molecule has 21 heavy (non-hydrogen) atoms. The van der Waals surface area contributed by atoms with Crippen LogP contribution in [0.25, 0.3) is 11.4 Å². The summed E-state index contributed by atoms with van der Waals surface area (Å²) < 4.78 is 0. The summed E-state index contributed by atoms with van der Waals surface area (Å²) in [4.78, 5) is 12.1. The number of aromatic amines is 1. The van der Waals surface area contributed by atoms with Crippen molar-refractivity contribution in [3.05, 3.63) is 42.0 Å². The Balaban J connectivity index is 1.61. The number of benzene rings is 1. The molecule has 1 heterocycles. The van der Waals surface area contributed by atoms with Gasteiger partial charge in [0.05, 0.1) is 0 Å². The van der Waals surface area contributed by atoms with Crippen LogP contribution in [-0.4, -0.2) is 26.5 Å². The van der Waals surface area contributed by atoms with Crippen LogP contribution in [0.2, 0.25) is 0 Å². The van der Waals surface area contributed by atoms with Gasteiger partial charge in [-0.25, -0.2) is 0 Å². The molecule has 0 spiro atoms. The fourth-order valence-corrected chi connectivity index (χ4v) is 2.47. The lowest BCUT2D eigenvalue weighted by molar-refractivity contribution is -0.125. The molecule has 1 atom stereocenters. The lowest BCUT2D eigenvalue weighted by Gasteiger charge is -2.17. The number of tetrazole rings is 1. The number of rotatable bonds is 4. The minimum Gasteiger partial charge on any atom is -0.352 e. The molecular weight excluding hydrogens is 266 g/mol. The van der Waals surface area contributed by atoms with Crippen molar-refractivity contribution in [1.29, 1.82) is 0 Å². The molecule has 0 bridgehead atoms. The van der Waals surface area contributed by atoms with Crippen LogP contribution in [0.5, 0.6) is 0 Å². The smallest absolute Gasteiger partial charge is 0.223 e. The van der Waals surface area contributed by atoms with Gasteiger partial charge in [0.25, 0.3) is 0 Å². The highest BCUT2D eigenvalue weighted by Crippen LogP contribution is 2.19. The van der Waals surface area contributed by atoms with Gasteiger partial charge in [0.2, 0.25) is 11.7 Å². The quantitative estimate of drug-likeness (QED) is 0.839. The molecule has 1 aromatic heterocycles. The first kappa shape index (κ1) is 13.5. The van der Waals surface area contributed by atoms with Gasteiger partial charge in [0.15, 0.2) is 0 Å². The molecule has 3 rings (SSSR count). The van der Waals surface area contributed by atoms with E-state index in [1.165, 1.54) is 0 Å². The van der Waals surface area contributed by atoms with Gasteiger partial charge in [-0.15, -0.1) is 10.2 Å². The fourth-order valence-electron chi connectivity index (χ4n) is 2.47. The topological polar surface area (TPSA) is 83.6 Å². The molecule has 0 aliphatic heterocycles. The van der Waals surface area contributed by atoms with Crippen molar-refractivity contribution < 1.29 is 4.79 Å². The maximum atomic E-state index is 12.1. The zero-order chi connectivity index (χ0) is 14.5. The molecule has 6 nitrogen and oxygen atoms in total. The maximum absolute atomic E-state index is 12.1. The number of amides is 1. The second kappa shape index (κ2) is 6.30. The van der Waals surface area contributed by atoms with Gasteiger partial charge in [0, 0.05) is 18.0 Å². The van der Waals surface area contributed by atoms with E-state index in [-0.39, 0.29) is 11.8 Å². The number of hydrogen-bond acceptors (Lipinski definition) is 4. The SMILES string of the molecule is O=C(NCc1cccc(-c2nn[nH]n2)c1)[C@H]1CC=CCC1. The third-order valence-electron chi connectivity index (χ3n) is 3.64. The van der Waals surface area contributed by atoms with Gasteiger partial charge < -0.3 is 5.32 Å². The zero-order valence-electron chi connectivity index (χ0n) is 11.6. The third kappa shape index (κ3) is 3.34. The van der Waals surface area contributed by atoms with E-state index in [0.29, 0.717) is 12.4 Å². The maximum Gasteiger partial charge on any atom is 0.223 e. The van der Waals surface area contributed by atoms with Crippen LogP contribution < -0.4 is 5.32 Å². The van der Waals surface area contributed by atoms with Crippen LogP contribution in [0.3, 0.4) is 0 Å². The first-order valence-electron chi connectivity index (χ1n) is 7.08. The number of carbonyl (C=O) groups excluding carboxylic acids is 1. The average Bonchev–Trinajstić information content (AvgIpc) is 3.08. The Bertz CT molecular complexity index is 635. The summed E-state index contributed by atoms with van der Waals surface area (Å²) >= 11 is 0. The van der Waals surface area contributed by atoms with E-state index in [2.05, 4.69) is 38.1 Å². The summed E-state index contributed by atoms with van der Waals surface area (Å²) in [6, 6.07) is 7.79. The van der Waals surface area contributed by atoms with Crippen molar-refractivity contribution >= 4 is 5.91 Å². The molecule has 1 amide bonds. The van der Waals surface area contributed by atoms with Gasteiger partial charge in [0.1, 0.15) is 0 Å². The fraction of sp³-hybridized carbons (Fsp3) is 0.333. The van der Waals surface area contributed by atoms with E-state index in [1.807, 2.05) is 24.3 Å². The van der Waals surface area contributed by atoms with E-state index in [4.69, 9.17) is 0 Å². The molecule has 2 N–H and O–H groups in total. The van der Waals surface area contributed by atoms with Crippen LogP contribution in [0.1, 0.15) is 24.8 Å². The highest BCUT2D eigenvalue weighted by Gasteiger charge is 2.18. The minimum atomic E-state index is 0.107. The molecule has 0 fully saturated rings. The van der Waals surface area contributed by atoms with E-state index in [9.17, 15) is 4.79 Å². The van der Waals surface area contributed by atoms with E-state index < -0.39 is 0 Å². The first-order valence-corrected chi connectivity index (χ1v) is 7.08. The molecule has 1 aliphatic carbocycles. The highest BCUT2D eigenvalue weighted by molar-refractivity contribution is 5.79. The van der Waals surface area contributed by atoms with Crippen LogP contribution in [-0.2, 0) is 11.3 Å². The summed E-state index contributed by atoms with van der Waals surface area (Å²) in [6.07, 6.45) is 6.99. The summed E-state index contributed by atoms with van der Waals surface area (Å²) in [5, 5.41) is 16.9. The van der Waals surface area contributed by atoms with E-state index in [0.717, 1.165) is 30.4 Å². The van der Waals surface area contributed by atoms with Crippen LogP contribution in [0.15, 0.2) is 36.4 Å².